The van der Waals surface area contributed by atoms with Crippen LogP contribution < -0.4 is 4.74 Å². The van der Waals surface area contributed by atoms with Crippen molar-refractivity contribution < 1.29 is 4.74 Å². The van der Waals surface area contributed by atoms with Crippen LogP contribution in [0.1, 0.15) is 43.2 Å². The number of fused-ring (bicyclic) bond motifs is 1. The molecule has 2 heteroatoms. The highest BCUT2D eigenvalue weighted by Gasteiger charge is 2.30. The Morgan fingerprint density at radius 1 is 1.10 bits per heavy atom. The van der Waals surface area contributed by atoms with Crippen molar-refractivity contribution in [2.24, 2.45) is 11.8 Å². The highest BCUT2D eigenvalue weighted by Crippen LogP contribution is 2.36. The molecular weight excluding hydrogens is 258 g/mol. The van der Waals surface area contributed by atoms with Crippen molar-refractivity contribution >= 4 is 0 Å². The van der Waals surface area contributed by atoms with Crippen LogP contribution in [0.4, 0.5) is 0 Å². The molecule has 3 aliphatic rings. The first-order valence-corrected chi connectivity index (χ1v) is 8.85. The quantitative estimate of drug-likeness (QED) is 0.837. The van der Waals surface area contributed by atoms with Gasteiger partial charge < -0.3 is 9.64 Å². The van der Waals surface area contributed by atoms with Gasteiger partial charge in [-0.15, -0.1) is 0 Å². The summed E-state index contributed by atoms with van der Waals surface area (Å²) < 4.78 is 5.59. The van der Waals surface area contributed by atoms with E-state index in [0.717, 1.165) is 30.6 Å². The van der Waals surface area contributed by atoms with E-state index in [4.69, 9.17) is 4.74 Å². The van der Waals surface area contributed by atoms with Crippen LogP contribution in [-0.2, 0) is 12.8 Å². The van der Waals surface area contributed by atoms with Crippen LogP contribution in [0.3, 0.4) is 0 Å². The molecule has 0 aromatic heterocycles. The summed E-state index contributed by atoms with van der Waals surface area (Å²) in [4.78, 5) is 2.70. The molecule has 114 valence electrons. The Morgan fingerprint density at radius 2 is 2.00 bits per heavy atom. The van der Waals surface area contributed by atoms with Crippen LogP contribution in [0.5, 0.6) is 5.75 Å². The topological polar surface area (TPSA) is 12.5 Å². The van der Waals surface area contributed by atoms with Gasteiger partial charge in [-0.1, -0.05) is 37.8 Å². The second-order valence-corrected chi connectivity index (χ2v) is 7.18. The first kappa shape index (κ1) is 13.6. The van der Waals surface area contributed by atoms with E-state index in [2.05, 4.69) is 23.1 Å². The van der Waals surface area contributed by atoms with Crippen LogP contribution in [0.15, 0.2) is 18.2 Å². The van der Waals surface area contributed by atoms with Crippen molar-refractivity contribution in [3.05, 3.63) is 29.3 Å². The SMILES string of the molecule is c1cc2c(cc1CCN1CC[C@@H](C3CCCC3)C1)CCO2. The molecule has 1 saturated carbocycles. The monoisotopic (exact) mass is 285 g/mol. The minimum absolute atomic E-state index is 0.869. The average Bonchev–Trinajstić information content (AvgIpc) is 3.24. The van der Waals surface area contributed by atoms with Gasteiger partial charge in [0.25, 0.3) is 0 Å². The van der Waals surface area contributed by atoms with Crippen molar-refractivity contribution in [2.75, 3.05) is 26.2 Å². The first-order chi connectivity index (χ1) is 10.4. The summed E-state index contributed by atoms with van der Waals surface area (Å²) in [6, 6.07) is 6.80. The van der Waals surface area contributed by atoms with Crippen LogP contribution in [0.2, 0.25) is 0 Å². The summed E-state index contributed by atoms with van der Waals surface area (Å²) in [5, 5.41) is 0. The maximum atomic E-state index is 5.59. The summed E-state index contributed by atoms with van der Waals surface area (Å²) in [6.45, 7) is 4.80. The number of likely N-dealkylation sites (tertiary alicyclic amines) is 1. The van der Waals surface area contributed by atoms with E-state index in [1.54, 1.807) is 0 Å². The van der Waals surface area contributed by atoms with Gasteiger partial charge in [0.2, 0.25) is 0 Å². The normalized spacial score (nSPS) is 26.2. The molecule has 0 N–H and O–H groups in total. The van der Waals surface area contributed by atoms with Gasteiger partial charge >= 0.3 is 0 Å². The molecule has 2 aliphatic heterocycles. The van der Waals surface area contributed by atoms with Gasteiger partial charge in [-0.25, -0.2) is 0 Å². The third-order valence-electron chi connectivity index (χ3n) is 5.85. The Bertz CT molecular complexity index is 492. The van der Waals surface area contributed by atoms with Gasteiger partial charge in [-0.2, -0.15) is 0 Å². The van der Waals surface area contributed by atoms with Gasteiger partial charge in [0.1, 0.15) is 5.75 Å². The summed E-state index contributed by atoms with van der Waals surface area (Å²) in [5.74, 6) is 3.16. The zero-order valence-corrected chi connectivity index (χ0v) is 13.0. The predicted octanol–water partition coefficient (Wildman–Crippen LogP) is 3.68. The molecule has 1 aromatic carbocycles. The number of hydrogen-bond donors (Lipinski definition) is 0. The zero-order valence-electron chi connectivity index (χ0n) is 13.0. The molecule has 2 fully saturated rings. The summed E-state index contributed by atoms with van der Waals surface area (Å²) in [6.07, 6.45) is 9.72. The van der Waals surface area contributed by atoms with Crippen LogP contribution in [0, 0.1) is 11.8 Å². The van der Waals surface area contributed by atoms with Gasteiger partial charge in [-0.05, 0) is 48.4 Å². The lowest BCUT2D eigenvalue weighted by Gasteiger charge is -2.19. The Balaban J connectivity index is 1.29. The van der Waals surface area contributed by atoms with E-state index in [1.807, 2.05) is 0 Å². The molecule has 1 saturated heterocycles. The molecule has 1 atom stereocenters. The minimum Gasteiger partial charge on any atom is -0.493 e. The van der Waals surface area contributed by atoms with Crippen molar-refractivity contribution in [1.82, 2.24) is 4.90 Å². The van der Waals surface area contributed by atoms with E-state index in [9.17, 15) is 0 Å². The fourth-order valence-electron chi connectivity index (χ4n) is 4.56. The van der Waals surface area contributed by atoms with Crippen LogP contribution >= 0.6 is 0 Å². The van der Waals surface area contributed by atoms with E-state index < -0.39 is 0 Å². The fourth-order valence-corrected chi connectivity index (χ4v) is 4.56. The average molecular weight is 285 g/mol. The second kappa shape index (κ2) is 6.00. The highest BCUT2D eigenvalue weighted by molar-refractivity contribution is 5.39. The molecule has 2 heterocycles. The molecule has 0 spiro atoms. The number of rotatable bonds is 4. The van der Waals surface area contributed by atoms with Crippen molar-refractivity contribution in [2.45, 2.75) is 44.9 Å². The molecular formula is C19H27NO. The first-order valence-electron chi connectivity index (χ1n) is 8.85. The van der Waals surface area contributed by atoms with Gasteiger partial charge in [0.05, 0.1) is 6.61 Å². The number of benzene rings is 1. The van der Waals surface area contributed by atoms with Crippen molar-refractivity contribution in [3.63, 3.8) is 0 Å². The fraction of sp³-hybridized carbons (Fsp3) is 0.684. The molecule has 21 heavy (non-hydrogen) atoms. The lowest BCUT2D eigenvalue weighted by Crippen LogP contribution is -2.24. The van der Waals surface area contributed by atoms with Crippen molar-refractivity contribution in [1.29, 1.82) is 0 Å². The largest absolute Gasteiger partial charge is 0.493 e. The van der Waals surface area contributed by atoms with Gasteiger partial charge in [-0.3, -0.25) is 0 Å². The van der Waals surface area contributed by atoms with E-state index in [0.29, 0.717) is 0 Å². The summed E-state index contributed by atoms with van der Waals surface area (Å²) in [5.41, 5.74) is 2.90. The standard InChI is InChI=1S/C19H27NO/c1-2-4-16(3-1)18-8-11-20(14-18)10-7-15-5-6-19-17(13-15)9-12-21-19/h5-6,13,16,18H,1-4,7-12,14H2/t18-/m1/s1. The third-order valence-corrected chi connectivity index (χ3v) is 5.85. The van der Waals surface area contributed by atoms with Crippen molar-refractivity contribution in [3.8, 4) is 5.75 Å². The maximum absolute atomic E-state index is 5.59. The van der Waals surface area contributed by atoms with E-state index >= 15 is 0 Å². The Kier molecular flexibility index (Phi) is 3.89. The number of hydrogen-bond acceptors (Lipinski definition) is 2. The molecule has 2 nitrogen and oxygen atoms in total. The van der Waals surface area contributed by atoms with E-state index in [-0.39, 0.29) is 0 Å². The minimum atomic E-state index is 0.869. The second-order valence-electron chi connectivity index (χ2n) is 7.18. The molecule has 1 aliphatic carbocycles. The van der Waals surface area contributed by atoms with E-state index in [1.165, 1.54) is 69.3 Å². The Labute approximate surface area is 128 Å². The van der Waals surface area contributed by atoms with Crippen LogP contribution in [0.25, 0.3) is 0 Å². The maximum Gasteiger partial charge on any atom is 0.122 e. The Morgan fingerprint density at radius 3 is 2.90 bits per heavy atom. The lowest BCUT2D eigenvalue weighted by molar-refractivity contribution is 0.291. The Hall–Kier alpha value is -1.02. The van der Waals surface area contributed by atoms with Crippen LogP contribution in [-0.4, -0.2) is 31.1 Å². The molecule has 0 amide bonds. The molecule has 1 aromatic rings. The van der Waals surface area contributed by atoms with Gasteiger partial charge in [0.15, 0.2) is 0 Å². The summed E-state index contributed by atoms with van der Waals surface area (Å²) in [7, 11) is 0. The summed E-state index contributed by atoms with van der Waals surface area (Å²) >= 11 is 0. The number of nitrogens with zero attached hydrogens (tertiary/aromatic N) is 1. The molecule has 0 bridgehead atoms. The number of ether oxygens (including phenoxy) is 1. The smallest absolute Gasteiger partial charge is 0.122 e. The van der Waals surface area contributed by atoms with Gasteiger partial charge in [0, 0.05) is 19.5 Å². The zero-order chi connectivity index (χ0) is 14.1. The predicted molar refractivity (Wildman–Crippen MR) is 85.9 cm³/mol. The highest BCUT2D eigenvalue weighted by atomic mass is 16.5. The third kappa shape index (κ3) is 2.96. The lowest BCUT2D eigenvalue weighted by atomic mass is 9.90. The molecule has 0 unspecified atom stereocenters. The molecule has 0 radical (unpaired) electrons. The molecule has 4 rings (SSSR count).